The molecule has 0 saturated carbocycles. The highest BCUT2D eigenvalue weighted by atomic mass is 16.5. The lowest BCUT2D eigenvalue weighted by Gasteiger charge is -2.09. The number of rotatable bonds is 7. The molecule has 0 aliphatic carbocycles. The summed E-state index contributed by atoms with van der Waals surface area (Å²) in [5.74, 6) is -2.15. The molecule has 7 heteroatoms. The second kappa shape index (κ2) is 6.24. The number of hydrogen-bond acceptors (Lipinski definition) is 5. The van der Waals surface area contributed by atoms with Gasteiger partial charge in [0, 0.05) is 6.07 Å². The summed E-state index contributed by atoms with van der Waals surface area (Å²) in [5.41, 5.74) is 0.152. The maximum atomic E-state index is 10.7. The quantitative estimate of drug-likeness (QED) is 0.678. The number of aliphatic carboxylic acids is 2. The molecule has 1 aromatic rings. The van der Waals surface area contributed by atoms with Crippen molar-refractivity contribution in [2.75, 3.05) is 13.2 Å². The molecule has 0 radical (unpaired) electrons. The summed E-state index contributed by atoms with van der Waals surface area (Å²) in [6, 6.07) is 4.00. The number of benzene rings is 1. The van der Waals surface area contributed by atoms with E-state index < -0.39 is 25.2 Å². The first-order chi connectivity index (χ1) is 8.52. The summed E-state index contributed by atoms with van der Waals surface area (Å²) in [5, 5.41) is 16.9. The second-order valence-corrected chi connectivity index (χ2v) is 3.18. The molecule has 2 N–H and O–H groups in total. The molecular weight excluding hydrogens is 244 g/mol. The van der Waals surface area contributed by atoms with Crippen LogP contribution >= 0.6 is 0 Å². The molecule has 0 aliphatic heterocycles. The zero-order chi connectivity index (χ0) is 13.5. The fraction of sp³-hybridized carbons (Fsp3) is 0.182. The summed E-state index contributed by atoms with van der Waals surface area (Å²) in [4.78, 5) is 31.3. The largest absolute Gasteiger partial charge is 0.482 e. The number of ether oxygens (including phenoxy) is 2. The van der Waals surface area contributed by atoms with E-state index in [1.165, 1.54) is 18.2 Å². The molecule has 0 bridgehead atoms. The Labute approximate surface area is 102 Å². The lowest BCUT2D eigenvalue weighted by molar-refractivity contribution is -0.140. The number of hydrogen-bond donors (Lipinski definition) is 2. The number of carbonyl (C=O) groups is 3. The van der Waals surface area contributed by atoms with Gasteiger partial charge in [-0.2, -0.15) is 0 Å². The molecule has 0 spiro atoms. The minimum Gasteiger partial charge on any atom is -0.482 e. The number of carboxylic acid groups (broad SMARTS) is 2. The van der Waals surface area contributed by atoms with Gasteiger partial charge >= 0.3 is 11.9 Å². The Morgan fingerprint density at radius 2 is 1.72 bits per heavy atom. The Morgan fingerprint density at radius 1 is 1.11 bits per heavy atom. The second-order valence-electron chi connectivity index (χ2n) is 3.18. The molecule has 1 rings (SSSR count). The highest BCUT2D eigenvalue weighted by molar-refractivity contribution is 5.80. The number of aldehydes is 1. The van der Waals surface area contributed by atoms with Crippen LogP contribution in [0.25, 0.3) is 0 Å². The monoisotopic (exact) mass is 254 g/mol. The summed E-state index contributed by atoms with van der Waals surface area (Å²) >= 11 is 0. The minimum absolute atomic E-state index is 0.0234. The van der Waals surface area contributed by atoms with Crippen LogP contribution in [0.3, 0.4) is 0 Å². The standard InChI is InChI=1S/C11H10O7/c12-4-7-1-2-8(17-5-10(13)14)3-9(7)18-6-11(15)16/h1-4H,5-6H2,(H,13,14)(H,15,16). The van der Waals surface area contributed by atoms with Gasteiger partial charge in [0.25, 0.3) is 0 Å². The van der Waals surface area contributed by atoms with Crippen LogP contribution in [0.5, 0.6) is 11.5 Å². The molecular formula is C11H10O7. The average Bonchev–Trinajstić information content (AvgIpc) is 2.33. The Morgan fingerprint density at radius 3 is 2.28 bits per heavy atom. The SMILES string of the molecule is O=Cc1ccc(OCC(=O)O)cc1OCC(=O)O. The van der Waals surface area contributed by atoms with Crippen LogP contribution in [0.15, 0.2) is 18.2 Å². The van der Waals surface area contributed by atoms with Crippen molar-refractivity contribution in [3.8, 4) is 11.5 Å². The van der Waals surface area contributed by atoms with E-state index in [9.17, 15) is 14.4 Å². The Bertz CT molecular complexity index is 466. The zero-order valence-corrected chi connectivity index (χ0v) is 9.16. The van der Waals surface area contributed by atoms with Crippen LogP contribution in [0.2, 0.25) is 0 Å². The third-order valence-corrected chi connectivity index (χ3v) is 1.83. The maximum absolute atomic E-state index is 10.7. The first-order valence-corrected chi connectivity index (χ1v) is 4.81. The van der Waals surface area contributed by atoms with Crippen LogP contribution in [0, 0.1) is 0 Å². The summed E-state index contributed by atoms with van der Waals surface area (Å²) in [6.45, 7) is -1.15. The molecule has 0 unspecified atom stereocenters. The van der Waals surface area contributed by atoms with Crippen LogP contribution < -0.4 is 9.47 Å². The molecule has 18 heavy (non-hydrogen) atoms. The van der Waals surface area contributed by atoms with E-state index in [-0.39, 0.29) is 17.1 Å². The van der Waals surface area contributed by atoms with Gasteiger partial charge in [-0.3, -0.25) is 4.79 Å². The summed E-state index contributed by atoms with van der Waals surface area (Å²) in [7, 11) is 0. The Kier molecular flexibility index (Phi) is 4.67. The molecule has 0 saturated heterocycles. The molecule has 7 nitrogen and oxygen atoms in total. The predicted octanol–water partition coefficient (Wildman–Crippen LogP) is 0.426. The van der Waals surface area contributed by atoms with Crippen LogP contribution in [-0.2, 0) is 9.59 Å². The van der Waals surface area contributed by atoms with Gasteiger partial charge < -0.3 is 19.7 Å². The normalized spacial score (nSPS) is 9.56. The topological polar surface area (TPSA) is 110 Å². The molecule has 0 fully saturated rings. The Hall–Kier alpha value is -2.57. The van der Waals surface area contributed by atoms with E-state index >= 15 is 0 Å². The van der Waals surface area contributed by atoms with Crippen molar-refractivity contribution in [2.24, 2.45) is 0 Å². The first kappa shape index (κ1) is 13.5. The minimum atomic E-state index is -1.19. The van der Waals surface area contributed by atoms with Gasteiger partial charge in [0.2, 0.25) is 0 Å². The lowest BCUT2D eigenvalue weighted by Crippen LogP contribution is -2.12. The van der Waals surface area contributed by atoms with Crippen LogP contribution in [-0.4, -0.2) is 41.7 Å². The van der Waals surface area contributed by atoms with E-state index in [0.717, 1.165) is 0 Å². The van der Waals surface area contributed by atoms with Gasteiger partial charge in [-0.15, -0.1) is 0 Å². The highest BCUT2D eigenvalue weighted by Gasteiger charge is 2.08. The van der Waals surface area contributed by atoms with Gasteiger partial charge in [0.1, 0.15) is 11.5 Å². The summed E-state index contributed by atoms with van der Waals surface area (Å²) < 4.78 is 9.75. The van der Waals surface area contributed by atoms with Crippen molar-refractivity contribution in [1.29, 1.82) is 0 Å². The Balaban J connectivity index is 2.83. The number of carboxylic acids is 2. The van der Waals surface area contributed by atoms with Crippen molar-refractivity contribution < 1.29 is 34.1 Å². The van der Waals surface area contributed by atoms with Crippen molar-refractivity contribution >= 4 is 18.2 Å². The van der Waals surface area contributed by atoms with Gasteiger partial charge in [-0.05, 0) is 12.1 Å². The average molecular weight is 254 g/mol. The van der Waals surface area contributed by atoms with Crippen molar-refractivity contribution in [3.63, 3.8) is 0 Å². The smallest absolute Gasteiger partial charge is 0.341 e. The molecule has 0 heterocycles. The van der Waals surface area contributed by atoms with Crippen LogP contribution in [0.4, 0.5) is 0 Å². The molecule has 96 valence electrons. The van der Waals surface area contributed by atoms with Gasteiger partial charge in [0.05, 0.1) is 5.56 Å². The fourth-order valence-corrected chi connectivity index (χ4v) is 1.11. The van der Waals surface area contributed by atoms with Gasteiger partial charge in [-0.1, -0.05) is 0 Å². The molecule has 0 aliphatic rings. The van der Waals surface area contributed by atoms with E-state index in [1.54, 1.807) is 0 Å². The van der Waals surface area contributed by atoms with E-state index in [0.29, 0.717) is 6.29 Å². The third-order valence-electron chi connectivity index (χ3n) is 1.83. The van der Waals surface area contributed by atoms with Crippen molar-refractivity contribution in [1.82, 2.24) is 0 Å². The highest BCUT2D eigenvalue weighted by Crippen LogP contribution is 2.23. The number of carbonyl (C=O) groups excluding carboxylic acids is 1. The van der Waals surface area contributed by atoms with Gasteiger partial charge in [-0.25, -0.2) is 9.59 Å². The van der Waals surface area contributed by atoms with Crippen LogP contribution in [0.1, 0.15) is 10.4 Å². The van der Waals surface area contributed by atoms with Gasteiger partial charge in [0.15, 0.2) is 19.5 Å². The summed E-state index contributed by atoms with van der Waals surface area (Å²) in [6.07, 6.45) is 0.498. The maximum Gasteiger partial charge on any atom is 0.341 e. The third kappa shape index (κ3) is 4.12. The molecule has 0 amide bonds. The molecule has 1 aromatic carbocycles. The van der Waals surface area contributed by atoms with Crippen molar-refractivity contribution in [2.45, 2.75) is 0 Å². The first-order valence-electron chi connectivity index (χ1n) is 4.81. The van der Waals surface area contributed by atoms with E-state index in [4.69, 9.17) is 19.7 Å². The zero-order valence-electron chi connectivity index (χ0n) is 9.16. The molecule has 0 atom stereocenters. The predicted molar refractivity (Wildman–Crippen MR) is 58.1 cm³/mol. The lowest BCUT2D eigenvalue weighted by atomic mass is 10.2. The van der Waals surface area contributed by atoms with E-state index in [1.807, 2.05) is 0 Å². The fourth-order valence-electron chi connectivity index (χ4n) is 1.11. The van der Waals surface area contributed by atoms with E-state index in [2.05, 4.69) is 0 Å². The molecule has 0 aromatic heterocycles. The van der Waals surface area contributed by atoms with Crippen molar-refractivity contribution in [3.05, 3.63) is 23.8 Å².